The van der Waals surface area contributed by atoms with Gasteiger partial charge in [-0.25, -0.2) is 4.98 Å². The first-order chi connectivity index (χ1) is 7.85. The second kappa shape index (κ2) is 3.59. The summed E-state index contributed by atoms with van der Waals surface area (Å²) in [5.41, 5.74) is 0.685. The van der Waals surface area contributed by atoms with Crippen LogP contribution in [0.4, 0.5) is 5.82 Å². The van der Waals surface area contributed by atoms with Crippen LogP contribution in [0.2, 0.25) is 0 Å². The van der Waals surface area contributed by atoms with E-state index in [1.807, 2.05) is 16.0 Å². The number of anilines is 1. The van der Waals surface area contributed by atoms with E-state index in [0.717, 1.165) is 23.6 Å². The van der Waals surface area contributed by atoms with E-state index < -0.39 is 0 Å². The van der Waals surface area contributed by atoms with Crippen LogP contribution in [0.25, 0.3) is 4.96 Å². The lowest BCUT2D eigenvalue weighted by molar-refractivity contribution is 0.111. The number of hydrogen-bond donors (Lipinski definition) is 0. The predicted molar refractivity (Wildman–Crippen MR) is 64.5 cm³/mol. The highest BCUT2D eigenvalue weighted by Gasteiger charge is 2.31. The molecule has 84 valence electrons. The minimum atomic E-state index is 0.591. The maximum absolute atomic E-state index is 11.2. The lowest BCUT2D eigenvalue weighted by Crippen LogP contribution is -2.26. The lowest BCUT2D eigenvalue weighted by atomic mass is 10.4. The van der Waals surface area contributed by atoms with Gasteiger partial charge in [0.2, 0.25) is 0 Å². The lowest BCUT2D eigenvalue weighted by Gasteiger charge is -2.20. The van der Waals surface area contributed by atoms with Gasteiger partial charge in [-0.3, -0.25) is 9.20 Å². The largest absolute Gasteiger partial charge is 0.352 e. The summed E-state index contributed by atoms with van der Waals surface area (Å²) in [6.45, 7) is 3.02. The minimum Gasteiger partial charge on any atom is -0.352 e. The molecule has 0 saturated heterocycles. The maximum Gasteiger partial charge on any atom is 0.196 e. The van der Waals surface area contributed by atoms with Crippen LogP contribution in [0.3, 0.4) is 0 Å². The molecule has 0 unspecified atom stereocenters. The number of carbonyl (C=O) groups excluding carboxylic acids is 1. The van der Waals surface area contributed by atoms with E-state index in [2.05, 4.69) is 16.8 Å². The summed E-state index contributed by atoms with van der Waals surface area (Å²) in [7, 11) is 0. The molecule has 1 saturated carbocycles. The van der Waals surface area contributed by atoms with E-state index in [0.29, 0.717) is 11.7 Å². The van der Waals surface area contributed by atoms with Gasteiger partial charge in [0, 0.05) is 24.2 Å². The molecule has 2 aromatic heterocycles. The van der Waals surface area contributed by atoms with Gasteiger partial charge in [0.05, 0.1) is 0 Å². The first-order valence-electron chi connectivity index (χ1n) is 5.52. The molecule has 0 bridgehead atoms. The summed E-state index contributed by atoms with van der Waals surface area (Å²) in [5, 5.41) is 1.95. The molecular weight excluding hydrogens is 222 g/mol. The molecule has 0 radical (unpaired) electrons. The molecule has 16 heavy (non-hydrogen) atoms. The highest BCUT2D eigenvalue weighted by atomic mass is 32.1. The first-order valence-corrected chi connectivity index (χ1v) is 6.40. The summed E-state index contributed by atoms with van der Waals surface area (Å²) in [6.07, 6.45) is 5.25. The summed E-state index contributed by atoms with van der Waals surface area (Å²) < 4.78 is 1.87. The average molecular weight is 235 g/mol. The molecule has 0 atom stereocenters. The Morgan fingerprint density at radius 3 is 3.12 bits per heavy atom. The normalized spacial score (nSPS) is 15.6. The summed E-state index contributed by atoms with van der Waals surface area (Å²) in [5.74, 6) is 0.854. The standard InChI is InChI=1S/C11H13N3OS/c1-2-13(8-3-4-8)10-9(7-15)14-5-6-16-11(14)12-10/h5-8H,2-4H2,1H3. The van der Waals surface area contributed by atoms with E-state index in [1.54, 1.807) is 11.3 Å². The SMILES string of the molecule is CCN(c1nc2sccn2c1C=O)C1CC1. The molecule has 4 nitrogen and oxygen atoms in total. The van der Waals surface area contributed by atoms with Crippen molar-refractivity contribution in [3.63, 3.8) is 0 Å². The van der Waals surface area contributed by atoms with Gasteiger partial charge in [-0.1, -0.05) is 0 Å². The van der Waals surface area contributed by atoms with Gasteiger partial charge in [-0.05, 0) is 19.8 Å². The first kappa shape index (κ1) is 9.84. The Bertz CT molecular complexity index is 526. The smallest absolute Gasteiger partial charge is 0.196 e. The van der Waals surface area contributed by atoms with E-state index in [9.17, 15) is 4.79 Å². The number of fused-ring (bicyclic) bond motifs is 1. The number of thiazole rings is 1. The monoisotopic (exact) mass is 235 g/mol. The number of imidazole rings is 1. The Morgan fingerprint density at radius 2 is 2.50 bits per heavy atom. The van der Waals surface area contributed by atoms with Crippen molar-refractivity contribution in [2.45, 2.75) is 25.8 Å². The van der Waals surface area contributed by atoms with Gasteiger partial charge in [0.15, 0.2) is 17.1 Å². The van der Waals surface area contributed by atoms with Crippen molar-refractivity contribution in [2.75, 3.05) is 11.4 Å². The van der Waals surface area contributed by atoms with Gasteiger partial charge in [-0.15, -0.1) is 11.3 Å². The molecule has 1 aliphatic carbocycles. The highest BCUT2D eigenvalue weighted by Crippen LogP contribution is 2.33. The van der Waals surface area contributed by atoms with Gasteiger partial charge in [0.1, 0.15) is 5.69 Å². The van der Waals surface area contributed by atoms with Crippen molar-refractivity contribution in [1.29, 1.82) is 0 Å². The molecule has 5 heteroatoms. The summed E-state index contributed by atoms with van der Waals surface area (Å²) >= 11 is 1.56. The third kappa shape index (κ3) is 1.35. The summed E-state index contributed by atoms with van der Waals surface area (Å²) in [6, 6.07) is 0.591. The molecule has 1 aliphatic rings. The zero-order chi connectivity index (χ0) is 11.1. The van der Waals surface area contributed by atoms with Crippen LogP contribution >= 0.6 is 11.3 Å². The van der Waals surface area contributed by atoms with Crippen LogP contribution in [0, 0.1) is 0 Å². The van der Waals surface area contributed by atoms with Crippen molar-refractivity contribution in [3.05, 3.63) is 17.3 Å². The number of rotatable bonds is 4. The molecule has 2 aromatic rings. The van der Waals surface area contributed by atoms with Crippen molar-refractivity contribution < 1.29 is 4.79 Å². The number of carbonyl (C=O) groups is 1. The van der Waals surface area contributed by atoms with Crippen LogP contribution in [-0.4, -0.2) is 28.3 Å². The van der Waals surface area contributed by atoms with Gasteiger partial charge in [-0.2, -0.15) is 0 Å². The van der Waals surface area contributed by atoms with Crippen molar-refractivity contribution in [2.24, 2.45) is 0 Å². The van der Waals surface area contributed by atoms with Gasteiger partial charge < -0.3 is 4.90 Å². The Morgan fingerprint density at radius 1 is 1.69 bits per heavy atom. The molecule has 0 amide bonds. The Hall–Kier alpha value is -1.36. The number of hydrogen-bond acceptors (Lipinski definition) is 4. The molecule has 0 spiro atoms. The van der Waals surface area contributed by atoms with E-state index >= 15 is 0 Å². The topological polar surface area (TPSA) is 37.6 Å². The van der Waals surface area contributed by atoms with Crippen LogP contribution in [0.15, 0.2) is 11.6 Å². The molecular formula is C11H13N3OS. The van der Waals surface area contributed by atoms with Crippen molar-refractivity contribution in [1.82, 2.24) is 9.38 Å². The average Bonchev–Trinajstić information content (AvgIpc) is 2.90. The molecule has 1 fully saturated rings. The number of nitrogens with zero attached hydrogens (tertiary/aromatic N) is 3. The molecule has 2 heterocycles. The Kier molecular flexibility index (Phi) is 2.21. The minimum absolute atomic E-state index is 0.591. The Balaban J connectivity index is 2.13. The molecule has 0 aromatic carbocycles. The number of aromatic nitrogens is 2. The highest BCUT2D eigenvalue weighted by molar-refractivity contribution is 7.15. The molecule has 3 rings (SSSR count). The second-order valence-electron chi connectivity index (χ2n) is 4.01. The second-order valence-corrected chi connectivity index (χ2v) is 4.88. The summed E-state index contributed by atoms with van der Waals surface area (Å²) in [4.78, 5) is 18.9. The fourth-order valence-corrected chi connectivity index (χ4v) is 2.80. The van der Waals surface area contributed by atoms with E-state index in [-0.39, 0.29) is 0 Å². The van der Waals surface area contributed by atoms with E-state index in [4.69, 9.17) is 0 Å². The molecule has 0 aliphatic heterocycles. The zero-order valence-corrected chi connectivity index (χ0v) is 9.91. The van der Waals surface area contributed by atoms with E-state index in [1.165, 1.54) is 12.8 Å². The Labute approximate surface area is 97.5 Å². The van der Waals surface area contributed by atoms with Crippen molar-refractivity contribution >= 4 is 28.4 Å². The quantitative estimate of drug-likeness (QED) is 0.762. The maximum atomic E-state index is 11.2. The van der Waals surface area contributed by atoms with Gasteiger partial charge >= 0.3 is 0 Å². The molecule has 0 N–H and O–H groups in total. The fourth-order valence-electron chi connectivity index (χ4n) is 2.08. The van der Waals surface area contributed by atoms with Crippen LogP contribution in [0.5, 0.6) is 0 Å². The fraction of sp³-hybridized carbons (Fsp3) is 0.455. The van der Waals surface area contributed by atoms with Crippen molar-refractivity contribution in [3.8, 4) is 0 Å². The van der Waals surface area contributed by atoms with Gasteiger partial charge in [0.25, 0.3) is 0 Å². The van der Waals surface area contributed by atoms with Crippen LogP contribution in [0.1, 0.15) is 30.3 Å². The van der Waals surface area contributed by atoms with Crippen LogP contribution in [-0.2, 0) is 0 Å². The third-order valence-electron chi connectivity index (χ3n) is 2.99. The predicted octanol–water partition coefficient (Wildman–Crippen LogP) is 2.20. The van der Waals surface area contributed by atoms with Crippen LogP contribution < -0.4 is 4.90 Å². The zero-order valence-electron chi connectivity index (χ0n) is 9.09. The number of aldehydes is 1. The third-order valence-corrected chi connectivity index (χ3v) is 3.75.